The molecule has 0 aliphatic heterocycles. The Morgan fingerprint density at radius 2 is 2.11 bits per heavy atom. The third kappa shape index (κ3) is 1.73. The van der Waals surface area contributed by atoms with Crippen LogP contribution in [0.25, 0.3) is 0 Å². The first-order valence-corrected chi connectivity index (χ1v) is 6.74. The Labute approximate surface area is 108 Å². The number of aryl methyl sites for hydroxylation is 1. The summed E-state index contributed by atoms with van der Waals surface area (Å²) in [4.78, 5) is 0. The highest BCUT2D eigenvalue weighted by molar-refractivity contribution is 5.40. The Morgan fingerprint density at radius 3 is 2.78 bits per heavy atom. The van der Waals surface area contributed by atoms with Gasteiger partial charge in [-0.1, -0.05) is 19.9 Å². The van der Waals surface area contributed by atoms with E-state index < -0.39 is 0 Å². The van der Waals surface area contributed by atoms with Crippen LogP contribution in [0.4, 0.5) is 0 Å². The van der Waals surface area contributed by atoms with Crippen molar-refractivity contribution in [2.75, 3.05) is 0 Å². The number of phenols is 1. The lowest BCUT2D eigenvalue weighted by Gasteiger charge is -2.50. The van der Waals surface area contributed by atoms with Crippen molar-refractivity contribution in [3.05, 3.63) is 29.3 Å². The third-order valence-corrected chi connectivity index (χ3v) is 4.82. The fourth-order valence-electron chi connectivity index (χ4n) is 3.21. The third-order valence-electron chi connectivity index (χ3n) is 4.82. The first-order valence-electron chi connectivity index (χ1n) is 6.74. The van der Waals surface area contributed by atoms with Crippen LogP contribution in [0.5, 0.6) is 5.75 Å². The average Bonchev–Trinajstić information content (AvgIpc) is 2.71. The first kappa shape index (κ1) is 12.0. The van der Waals surface area contributed by atoms with Crippen molar-refractivity contribution in [1.29, 1.82) is 0 Å². The summed E-state index contributed by atoms with van der Waals surface area (Å²) >= 11 is 0. The predicted octanol–water partition coefficient (Wildman–Crippen LogP) is 2.13. The second kappa shape index (κ2) is 3.97. The van der Waals surface area contributed by atoms with Gasteiger partial charge in [0.05, 0.1) is 6.10 Å². The smallest absolute Gasteiger partial charge is 0.115 e. The fourth-order valence-corrected chi connectivity index (χ4v) is 3.21. The zero-order valence-electron chi connectivity index (χ0n) is 11.0. The number of aliphatic hydroxyl groups is 1. The quantitative estimate of drug-likeness (QED) is 0.750. The molecule has 1 fully saturated rings. The van der Waals surface area contributed by atoms with Gasteiger partial charge in [-0.25, -0.2) is 0 Å². The molecular weight excluding hydrogens is 226 g/mol. The number of fused-ring (bicyclic) bond motifs is 1. The van der Waals surface area contributed by atoms with E-state index in [9.17, 15) is 10.2 Å². The van der Waals surface area contributed by atoms with E-state index in [2.05, 4.69) is 19.2 Å². The summed E-state index contributed by atoms with van der Waals surface area (Å²) in [6.45, 7) is 4.23. The van der Waals surface area contributed by atoms with Crippen molar-refractivity contribution < 1.29 is 10.2 Å². The number of aliphatic hydroxyl groups excluding tert-OH is 1. The van der Waals surface area contributed by atoms with Crippen LogP contribution in [0.1, 0.15) is 43.9 Å². The summed E-state index contributed by atoms with van der Waals surface area (Å²) in [5.74, 6) is 0.355. The SMILES string of the molecule is CC1(C)C(O)CC1NC1CCc2cc(O)ccc21. The molecule has 3 unspecified atom stereocenters. The minimum absolute atomic E-state index is 0.0281. The van der Waals surface area contributed by atoms with E-state index in [0.717, 1.165) is 19.3 Å². The minimum atomic E-state index is -0.185. The van der Waals surface area contributed by atoms with Crippen LogP contribution >= 0.6 is 0 Å². The molecule has 3 rings (SSSR count). The molecule has 2 aliphatic rings. The molecule has 1 saturated carbocycles. The zero-order valence-corrected chi connectivity index (χ0v) is 11.0. The molecule has 0 aromatic heterocycles. The normalized spacial score (nSPS) is 32.9. The molecule has 0 spiro atoms. The van der Waals surface area contributed by atoms with E-state index in [1.165, 1.54) is 11.1 Å². The number of rotatable bonds is 2. The van der Waals surface area contributed by atoms with Crippen LogP contribution in [0, 0.1) is 5.41 Å². The van der Waals surface area contributed by atoms with Crippen molar-refractivity contribution in [2.45, 2.75) is 51.3 Å². The molecule has 0 bridgehead atoms. The summed E-state index contributed by atoms with van der Waals surface area (Å²) in [5.41, 5.74) is 2.54. The van der Waals surface area contributed by atoms with Gasteiger partial charge in [0.25, 0.3) is 0 Å². The zero-order chi connectivity index (χ0) is 12.9. The second-order valence-electron chi connectivity index (χ2n) is 6.27. The first-order chi connectivity index (χ1) is 8.48. The van der Waals surface area contributed by atoms with Crippen molar-refractivity contribution in [2.24, 2.45) is 5.41 Å². The van der Waals surface area contributed by atoms with Gasteiger partial charge in [-0.05, 0) is 42.5 Å². The van der Waals surface area contributed by atoms with Crippen LogP contribution in [0.3, 0.4) is 0 Å². The number of phenolic OH excluding ortho intramolecular Hbond substituents is 1. The average molecular weight is 247 g/mol. The lowest BCUT2D eigenvalue weighted by atomic mass is 9.64. The van der Waals surface area contributed by atoms with E-state index in [4.69, 9.17) is 0 Å². The van der Waals surface area contributed by atoms with Crippen LogP contribution in [-0.2, 0) is 6.42 Å². The van der Waals surface area contributed by atoms with E-state index in [1.807, 2.05) is 12.1 Å². The van der Waals surface area contributed by atoms with Gasteiger partial charge in [-0.3, -0.25) is 0 Å². The molecule has 3 nitrogen and oxygen atoms in total. The molecular formula is C15H21NO2. The molecule has 1 aromatic carbocycles. The number of hydrogen-bond acceptors (Lipinski definition) is 3. The van der Waals surface area contributed by atoms with Gasteiger partial charge in [0, 0.05) is 17.5 Å². The van der Waals surface area contributed by atoms with Crippen LogP contribution in [0.15, 0.2) is 18.2 Å². The van der Waals surface area contributed by atoms with Crippen molar-refractivity contribution in [1.82, 2.24) is 5.32 Å². The number of aromatic hydroxyl groups is 1. The Balaban J connectivity index is 1.74. The monoisotopic (exact) mass is 247 g/mol. The molecule has 98 valence electrons. The van der Waals surface area contributed by atoms with Crippen LogP contribution < -0.4 is 5.32 Å². The van der Waals surface area contributed by atoms with Gasteiger partial charge in [0.2, 0.25) is 0 Å². The van der Waals surface area contributed by atoms with E-state index in [1.54, 1.807) is 6.07 Å². The lowest BCUT2D eigenvalue weighted by molar-refractivity contribution is -0.0760. The van der Waals surface area contributed by atoms with Crippen LogP contribution in [0.2, 0.25) is 0 Å². The van der Waals surface area contributed by atoms with Gasteiger partial charge >= 0.3 is 0 Å². The Bertz CT molecular complexity index is 470. The molecule has 0 radical (unpaired) electrons. The molecule has 3 N–H and O–H groups in total. The standard InChI is InChI=1S/C15H21NO2/c1-15(2)13(8-14(15)18)16-12-6-3-9-7-10(17)4-5-11(9)12/h4-5,7,12-14,16-18H,3,6,8H2,1-2H3. The maximum atomic E-state index is 9.78. The largest absolute Gasteiger partial charge is 0.508 e. The Kier molecular flexibility index (Phi) is 2.65. The minimum Gasteiger partial charge on any atom is -0.508 e. The van der Waals surface area contributed by atoms with E-state index in [-0.39, 0.29) is 11.5 Å². The van der Waals surface area contributed by atoms with Crippen molar-refractivity contribution in [3.8, 4) is 5.75 Å². The molecule has 3 atom stereocenters. The molecule has 0 amide bonds. The number of hydrogen-bond donors (Lipinski definition) is 3. The molecule has 1 aromatic rings. The van der Waals surface area contributed by atoms with E-state index >= 15 is 0 Å². The second-order valence-corrected chi connectivity index (χ2v) is 6.27. The number of benzene rings is 1. The Hall–Kier alpha value is -1.06. The van der Waals surface area contributed by atoms with Crippen LogP contribution in [-0.4, -0.2) is 22.4 Å². The lowest BCUT2D eigenvalue weighted by Crippen LogP contribution is -2.60. The molecule has 0 heterocycles. The topological polar surface area (TPSA) is 52.5 Å². The summed E-state index contributed by atoms with van der Waals surface area (Å²) < 4.78 is 0. The maximum Gasteiger partial charge on any atom is 0.115 e. The van der Waals surface area contributed by atoms with Gasteiger partial charge in [0.15, 0.2) is 0 Å². The molecule has 0 saturated heterocycles. The number of nitrogens with one attached hydrogen (secondary N) is 1. The van der Waals surface area contributed by atoms with Crippen molar-refractivity contribution >= 4 is 0 Å². The summed E-state index contributed by atoms with van der Waals surface area (Å²) in [5, 5.41) is 22.9. The van der Waals surface area contributed by atoms with Gasteiger partial charge < -0.3 is 15.5 Å². The molecule has 18 heavy (non-hydrogen) atoms. The maximum absolute atomic E-state index is 9.78. The Morgan fingerprint density at radius 1 is 1.33 bits per heavy atom. The van der Waals surface area contributed by atoms with Gasteiger partial charge in [0.1, 0.15) is 5.75 Å². The fraction of sp³-hybridized carbons (Fsp3) is 0.600. The highest BCUT2D eigenvalue weighted by Gasteiger charge is 2.48. The highest BCUT2D eigenvalue weighted by atomic mass is 16.3. The molecule has 3 heteroatoms. The summed E-state index contributed by atoms with van der Waals surface area (Å²) in [7, 11) is 0. The summed E-state index contributed by atoms with van der Waals surface area (Å²) in [6.07, 6.45) is 2.77. The van der Waals surface area contributed by atoms with Crippen molar-refractivity contribution in [3.63, 3.8) is 0 Å². The van der Waals surface area contributed by atoms with E-state index in [0.29, 0.717) is 17.8 Å². The van der Waals surface area contributed by atoms with Gasteiger partial charge in [-0.15, -0.1) is 0 Å². The summed E-state index contributed by atoms with van der Waals surface area (Å²) in [6, 6.07) is 6.42. The van der Waals surface area contributed by atoms with Gasteiger partial charge in [-0.2, -0.15) is 0 Å². The molecule has 2 aliphatic carbocycles. The predicted molar refractivity (Wildman–Crippen MR) is 70.5 cm³/mol. The highest BCUT2D eigenvalue weighted by Crippen LogP contribution is 2.43.